The van der Waals surface area contributed by atoms with Gasteiger partial charge in [0.1, 0.15) is 5.75 Å². The summed E-state index contributed by atoms with van der Waals surface area (Å²) in [6, 6.07) is 7.29. The minimum absolute atomic E-state index is 0.0728. The minimum Gasteiger partial charge on any atom is -0.549 e. The molecule has 2 heterocycles. The van der Waals surface area contributed by atoms with Crippen molar-refractivity contribution in [2.75, 3.05) is 25.4 Å². The van der Waals surface area contributed by atoms with E-state index in [1.807, 2.05) is 30.0 Å². The summed E-state index contributed by atoms with van der Waals surface area (Å²) in [4.78, 5) is 21.4. The predicted molar refractivity (Wildman–Crippen MR) is 96.3 cm³/mol. The van der Waals surface area contributed by atoms with Crippen molar-refractivity contribution < 1.29 is 15.0 Å². The maximum absolute atomic E-state index is 10.9. The number of phenols is 1. The van der Waals surface area contributed by atoms with Gasteiger partial charge in [0.05, 0.1) is 17.4 Å². The number of nitrogens with two attached hydrogens (primary N) is 1. The van der Waals surface area contributed by atoms with Crippen LogP contribution in [0.15, 0.2) is 24.3 Å². The molecule has 3 rings (SSSR count). The summed E-state index contributed by atoms with van der Waals surface area (Å²) in [6.07, 6.45) is 2.63. The van der Waals surface area contributed by atoms with Crippen molar-refractivity contribution in [3.05, 3.63) is 35.5 Å². The molecule has 138 valence electrons. The molecule has 1 aromatic carbocycles. The lowest BCUT2D eigenvalue weighted by atomic mass is 9.93. The van der Waals surface area contributed by atoms with Gasteiger partial charge < -0.3 is 20.7 Å². The molecule has 1 saturated heterocycles. The number of piperidine rings is 1. The second-order valence-electron chi connectivity index (χ2n) is 6.69. The lowest BCUT2D eigenvalue weighted by molar-refractivity contribution is -0.306. The molecular weight excluding hydrogens is 332 g/mol. The Hall–Kier alpha value is -2.67. The van der Waals surface area contributed by atoms with Crippen molar-refractivity contribution in [1.29, 1.82) is 0 Å². The fraction of sp³-hybridized carbons (Fsp3) is 0.421. The number of hydrogen-bond acceptors (Lipinski definition) is 7. The number of aryl methyl sites for hydroxylation is 1. The van der Waals surface area contributed by atoms with E-state index < -0.39 is 5.97 Å². The molecule has 0 spiro atoms. The van der Waals surface area contributed by atoms with Gasteiger partial charge in [-0.05, 0) is 49.6 Å². The predicted octanol–water partition coefficient (Wildman–Crippen LogP) is 0.923. The zero-order valence-electron chi connectivity index (χ0n) is 14.8. The lowest BCUT2D eigenvalue weighted by Gasteiger charge is -2.32. The zero-order valence-corrected chi connectivity index (χ0v) is 14.8. The van der Waals surface area contributed by atoms with Crippen molar-refractivity contribution in [3.8, 4) is 17.0 Å². The summed E-state index contributed by atoms with van der Waals surface area (Å²) >= 11 is 0. The molecule has 0 amide bonds. The maximum Gasteiger partial charge on any atom is 0.220 e. The van der Waals surface area contributed by atoms with Gasteiger partial charge in [-0.25, -0.2) is 9.97 Å². The molecule has 1 fully saturated rings. The third kappa shape index (κ3) is 4.11. The van der Waals surface area contributed by atoms with E-state index in [1.54, 1.807) is 6.07 Å². The van der Waals surface area contributed by atoms with Crippen LogP contribution in [0, 0.1) is 0 Å². The van der Waals surface area contributed by atoms with Crippen LogP contribution in [-0.4, -0.2) is 45.6 Å². The number of aliphatic carboxylic acids is 1. The van der Waals surface area contributed by atoms with E-state index in [0.29, 0.717) is 17.8 Å². The van der Waals surface area contributed by atoms with Crippen LogP contribution in [0.25, 0.3) is 11.3 Å². The van der Waals surface area contributed by atoms with Gasteiger partial charge in [0, 0.05) is 24.6 Å². The standard InChI is InChI=1S/C19H24N4O3/c1-2-12-5-6-17(24)14(8-12)16-9-15(21-19(20)22-16)13-4-3-7-23(10-13)11-18(25)26/h5-6,8-9,13,24H,2-4,7,10-11H2,1H3,(H,25,26)(H2,20,21,22)/p-1. The summed E-state index contributed by atoms with van der Waals surface area (Å²) in [7, 11) is 0. The average Bonchev–Trinajstić information content (AvgIpc) is 2.61. The normalized spacial score (nSPS) is 18.0. The highest BCUT2D eigenvalue weighted by atomic mass is 16.4. The van der Waals surface area contributed by atoms with E-state index in [1.165, 1.54) is 0 Å². The van der Waals surface area contributed by atoms with Gasteiger partial charge in [-0.3, -0.25) is 4.90 Å². The highest BCUT2D eigenvalue weighted by Crippen LogP contribution is 2.33. The Kier molecular flexibility index (Phi) is 5.37. The van der Waals surface area contributed by atoms with Crippen molar-refractivity contribution in [2.45, 2.75) is 32.1 Å². The van der Waals surface area contributed by atoms with Gasteiger partial charge >= 0.3 is 0 Å². The topological polar surface area (TPSA) is 115 Å². The number of aromatic hydroxyl groups is 1. The number of carboxylic acid groups (broad SMARTS) is 1. The number of carbonyl (C=O) groups excluding carboxylic acids is 1. The average molecular weight is 355 g/mol. The van der Waals surface area contributed by atoms with Crippen molar-refractivity contribution in [2.24, 2.45) is 0 Å². The van der Waals surface area contributed by atoms with E-state index in [4.69, 9.17) is 5.73 Å². The second kappa shape index (κ2) is 7.70. The number of likely N-dealkylation sites (tertiary alicyclic amines) is 1. The molecule has 0 saturated carbocycles. The van der Waals surface area contributed by atoms with Crippen LogP contribution in [0.2, 0.25) is 0 Å². The van der Waals surface area contributed by atoms with Gasteiger partial charge in [-0.15, -0.1) is 0 Å². The minimum atomic E-state index is -1.07. The second-order valence-corrected chi connectivity index (χ2v) is 6.69. The number of phenolic OH excluding ortho intramolecular Hbond substituents is 1. The van der Waals surface area contributed by atoms with Crippen LogP contribution < -0.4 is 10.8 Å². The maximum atomic E-state index is 10.9. The molecule has 1 aromatic heterocycles. The molecule has 1 atom stereocenters. The van der Waals surface area contributed by atoms with E-state index in [0.717, 1.165) is 37.1 Å². The van der Waals surface area contributed by atoms with Crippen LogP contribution in [0.5, 0.6) is 5.75 Å². The molecule has 0 bridgehead atoms. The Labute approximate surface area is 152 Å². The molecule has 1 unspecified atom stereocenters. The quantitative estimate of drug-likeness (QED) is 0.819. The van der Waals surface area contributed by atoms with Crippen LogP contribution >= 0.6 is 0 Å². The number of nitrogens with zero attached hydrogens (tertiary/aromatic N) is 3. The number of rotatable bonds is 5. The van der Waals surface area contributed by atoms with Crippen molar-refractivity contribution in [1.82, 2.24) is 14.9 Å². The monoisotopic (exact) mass is 355 g/mol. The van der Waals surface area contributed by atoms with E-state index in [2.05, 4.69) is 9.97 Å². The molecule has 3 N–H and O–H groups in total. The molecule has 1 aliphatic heterocycles. The largest absolute Gasteiger partial charge is 0.549 e. The van der Waals surface area contributed by atoms with Gasteiger partial charge in [-0.1, -0.05) is 13.0 Å². The summed E-state index contributed by atoms with van der Waals surface area (Å²) in [5.74, 6) is -0.706. The summed E-state index contributed by atoms with van der Waals surface area (Å²) in [5, 5.41) is 21.1. The van der Waals surface area contributed by atoms with Crippen molar-refractivity contribution in [3.63, 3.8) is 0 Å². The number of aromatic nitrogens is 2. The van der Waals surface area contributed by atoms with Crippen LogP contribution in [0.4, 0.5) is 5.95 Å². The summed E-state index contributed by atoms with van der Waals surface area (Å²) < 4.78 is 0. The smallest absolute Gasteiger partial charge is 0.220 e. The zero-order chi connectivity index (χ0) is 18.7. The molecule has 2 aromatic rings. The Morgan fingerprint density at radius 1 is 1.38 bits per heavy atom. The molecule has 0 radical (unpaired) electrons. The highest BCUT2D eigenvalue weighted by molar-refractivity contribution is 5.69. The number of anilines is 1. The Bertz CT molecular complexity index is 809. The first-order chi connectivity index (χ1) is 12.5. The number of carbonyl (C=O) groups is 1. The van der Waals surface area contributed by atoms with Gasteiger partial charge in [0.15, 0.2) is 0 Å². The molecular formula is C19H23N4O3-. The van der Waals surface area contributed by atoms with E-state index in [-0.39, 0.29) is 24.2 Å². The summed E-state index contributed by atoms with van der Waals surface area (Å²) in [6.45, 7) is 3.29. The van der Waals surface area contributed by atoms with E-state index >= 15 is 0 Å². The first-order valence-electron chi connectivity index (χ1n) is 8.85. The molecule has 7 nitrogen and oxygen atoms in total. The molecule has 0 aliphatic carbocycles. The van der Waals surface area contributed by atoms with Gasteiger partial charge in [0.2, 0.25) is 5.95 Å². The molecule has 26 heavy (non-hydrogen) atoms. The number of hydrogen-bond donors (Lipinski definition) is 2. The highest BCUT2D eigenvalue weighted by Gasteiger charge is 2.24. The van der Waals surface area contributed by atoms with Gasteiger partial charge in [0.25, 0.3) is 0 Å². The van der Waals surface area contributed by atoms with Crippen molar-refractivity contribution >= 4 is 11.9 Å². The van der Waals surface area contributed by atoms with Crippen LogP contribution in [0.1, 0.15) is 36.9 Å². The number of benzene rings is 1. The third-order valence-electron chi connectivity index (χ3n) is 4.78. The first kappa shape index (κ1) is 18.1. The Morgan fingerprint density at radius 2 is 2.19 bits per heavy atom. The number of nitrogen functional groups attached to an aromatic ring is 1. The van der Waals surface area contributed by atoms with Crippen LogP contribution in [-0.2, 0) is 11.2 Å². The Balaban J connectivity index is 1.92. The lowest BCUT2D eigenvalue weighted by Crippen LogP contribution is -2.42. The molecule has 1 aliphatic rings. The fourth-order valence-electron chi connectivity index (χ4n) is 3.46. The summed E-state index contributed by atoms with van der Waals surface area (Å²) in [5.41, 5.74) is 8.99. The first-order valence-corrected chi connectivity index (χ1v) is 8.85. The van der Waals surface area contributed by atoms with E-state index in [9.17, 15) is 15.0 Å². The SMILES string of the molecule is CCc1ccc(O)c(-c2cc(C3CCCN(CC(=O)[O-])C3)nc(N)n2)c1. The molecule has 7 heteroatoms. The third-order valence-corrected chi connectivity index (χ3v) is 4.78. The van der Waals surface area contributed by atoms with Gasteiger partial charge in [-0.2, -0.15) is 0 Å². The fourth-order valence-corrected chi connectivity index (χ4v) is 3.46. The van der Waals surface area contributed by atoms with Crippen LogP contribution in [0.3, 0.4) is 0 Å². The Morgan fingerprint density at radius 3 is 2.92 bits per heavy atom. The number of carboxylic acids is 1.